The molecule has 6 heteroatoms. The third-order valence-electron chi connectivity index (χ3n) is 5.60. The Morgan fingerprint density at radius 3 is 2.58 bits per heavy atom. The maximum absolute atomic E-state index is 12.6. The van der Waals surface area contributed by atoms with Gasteiger partial charge in [0.05, 0.1) is 5.52 Å². The fourth-order valence-corrected chi connectivity index (χ4v) is 4.03. The largest absolute Gasteiger partial charge is 0.368 e. The van der Waals surface area contributed by atoms with Crippen molar-refractivity contribution in [3.63, 3.8) is 0 Å². The molecule has 2 heterocycles. The zero-order chi connectivity index (χ0) is 17.8. The number of anilines is 1. The zero-order valence-corrected chi connectivity index (χ0v) is 15.2. The first-order valence-corrected chi connectivity index (χ1v) is 9.80. The molecule has 2 amide bonds. The summed E-state index contributed by atoms with van der Waals surface area (Å²) in [7, 11) is 0. The topological polar surface area (TPSA) is 61.4 Å². The molecule has 1 saturated heterocycles. The van der Waals surface area contributed by atoms with E-state index in [1.54, 1.807) is 6.33 Å². The van der Waals surface area contributed by atoms with Crippen molar-refractivity contribution in [1.29, 1.82) is 0 Å². The summed E-state index contributed by atoms with van der Waals surface area (Å²) in [6.45, 7) is 3.25. The summed E-state index contributed by atoms with van der Waals surface area (Å²) in [5.74, 6) is 0. The molecule has 0 atom stereocenters. The number of carbonyl (C=O) groups is 1. The number of hydrogen-bond acceptors (Lipinski definition) is 4. The molecule has 1 saturated carbocycles. The Kier molecular flexibility index (Phi) is 5.18. The van der Waals surface area contributed by atoms with Gasteiger partial charge in [-0.3, -0.25) is 0 Å². The van der Waals surface area contributed by atoms with E-state index in [2.05, 4.69) is 32.3 Å². The standard InChI is InChI=1S/C20H27N5O/c26-20(23-17-5-3-1-2-4-6-17)25-11-9-24(10-12-25)18-7-8-19-16(13-18)14-21-15-22-19/h7-8,13-15,17H,1-6,9-12H2,(H,23,26). The van der Waals surface area contributed by atoms with Crippen molar-refractivity contribution >= 4 is 22.6 Å². The minimum Gasteiger partial charge on any atom is -0.368 e. The molecular weight excluding hydrogens is 326 g/mol. The van der Waals surface area contributed by atoms with E-state index in [9.17, 15) is 4.79 Å². The van der Waals surface area contributed by atoms with Crippen molar-refractivity contribution < 1.29 is 4.79 Å². The van der Waals surface area contributed by atoms with Gasteiger partial charge in [-0.1, -0.05) is 25.7 Å². The molecule has 0 spiro atoms. The third kappa shape index (κ3) is 3.89. The highest BCUT2D eigenvalue weighted by molar-refractivity contribution is 5.81. The van der Waals surface area contributed by atoms with Gasteiger partial charge in [0.2, 0.25) is 0 Å². The van der Waals surface area contributed by atoms with Crippen LogP contribution >= 0.6 is 0 Å². The Balaban J connectivity index is 1.33. The molecule has 0 unspecified atom stereocenters. The molecule has 2 aliphatic rings. The van der Waals surface area contributed by atoms with Gasteiger partial charge >= 0.3 is 6.03 Å². The second-order valence-corrected chi connectivity index (χ2v) is 7.38. The van der Waals surface area contributed by atoms with E-state index in [1.807, 2.05) is 17.2 Å². The van der Waals surface area contributed by atoms with Crippen molar-refractivity contribution in [2.75, 3.05) is 31.1 Å². The van der Waals surface area contributed by atoms with Crippen LogP contribution in [0.25, 0.3) is 10.9 Å². The monoisotopic (exact) mass is 353 g/mol. The summed E-state index contributed by atoms with van der Waals surface area (Å²) in [6.07, 6.45) is 10.8. The van der Waals surface area contributed by atoms with E-state index in [4.69, 9.17) is 0 Å². The number of piperazine rings is 1. The number of benzene rings is 1. The molecule has 2 fully saturated rings. The van der Waals surface area contributed by atoms with Gasteiger partial charge in [-0.2, -0.15) is 0 Å². The lowest BCUT2D eigenvalue weighted by atomic mass is 10.1. The number of urea groups is 1. The molecule has 138 valence electrons. The van der Waals surface area contributed by atoms with Gasteiger partial charge < -0.3 is 15.1 Å². The summed E-state index contributed by atoms with van der Waals surface area (Å²) < 4.78 is 0. The first kappa shape index (κ1) is 17.1. The van der Waals surface area contributed by atoms with Gasteiger partial charge in [-0.25, -0.2) is 14.8 Å². The molecule has 0 bridgehead atoms. The summed E-state index contributed by atoms with van der Waals surface area (Å²) in [5.41, 5.74) is 2.14. The first-order valence-electron chi connectivity index (χ1n) is 9.80. The van der Waals surface area contributed by atoms with Gasteiger partial charge in [0, 0.05) is 49.5 Å². The van der Waals surface area contributed by atoms with Crippen LogP contribution in [0.4, 0.5) is 10.5 Å². The lowest BCUT2D eigenvalue weighted by Crippen LogP contribution is -2.53. The Morgan fingerprint density at radius 1 is 1.04 bits per heavy atom. The Bertz CT molecular complexity index is 749. The quantitative estimate of drug-likeness (QED) is 0.843. The molecular formula is C20H27N5O. The van der Waals surface area contributed by atoms with Crippen LogP contribution in [-0.4, -0.2) is 53.1 Å². The lowest BCUT2D eigenvalue weighted by molar-refractivity contribution is 0.189. The minimum atomic E-state index is 0.114. The second-order valence-electron chi connectivity index (χ2n) is 7.38. The normalized spacial score (nSPS) is 19.4. The molecule has 1 aromatic heterocycles. The van der Waals surface area contributed by atoms with Gasteiger partial charge in [0.1, 0.15) is 6.33 Å². The van der Waals surface area contributed by atoms with Crippen LogP contribution < -0.4 is 10.2 Å². The maximum Gasteiger partial charge on any atom is 0.317 e. The van der Waals surface area contributed by atoms with Crippen molar-refractivity contribution in [3.05, 3.63) is 30.7 Å². The number of fused-ring (bicyclic) bond motifs is 1. The average Bonchev–Trinajstić information content (AvgIpc) is 2.96. The number of hydrogen-bond donors (Lipinski definition) is 1. The number of nitrogens with zero attached hydrogens (tertiary/aromatic N) is 4. The summed E-state index contributed by atoms with van der Waals surface area (Å²) in [5, 5.41) is 4.31. The van der Waals surface area contributed by atoms with E-state index in [1.165, 1.54) is 31.4 Å². The minimum absolute atomic E-state index is 0.114. The number of aromatic nitrogens is 2. The fraction of sp³-hybridized carbons (Fsp3) is 0.550. The van der Waals surface area contributed by atoms with Crippen LogP contribution in [0.1, 0.15) is 38.5 Å². The van der Waals surface area contributed by atoms with Crippen LogP contribution in [0.2, 0.25) is 0 Å². The van der Waals surface area contributed by atoms with Crippen LogP contribution in [0, 0.1) is 0 Å². The van der Waals surface area contributed by atoms with Gasteiger partial charge in [0.15, 0.2) is 0 Å². The van der Waals surface area contributed by atoms with E-state index in [-0.39, 0.29) is 6.03 Å². The summed E-state index contributed by atoms with van der Waals surface area (Å²) >= 11 is 0. The highest BCUT2D eigenvalue weighted by Gasteiger charge is 2.23. The first-order chi connectivity index (χ1) is 12.8. The predicted molar refractivity (Wildman–Crippen MR) is 103 cm³/mol. The second kappa shape index (κ2) is 7.89. The van der Waals surface area contributed by atoms with Crippen LogP contribution in [0.5, 0.6) is 0 Å². The molecule has 1 N–H and O–H groups in total. The van der Waals surface area contributed by atoms with Crippen molar-refractivity contribution in [3.8, 4) is 0 Å². The Morgan fingerprint density at radius 2 is 1.81 bits per heavy atom. The number of carbonyl (C=O) groups excluding carboxylic acids is 1. The smallest absolute Gasteiger partial charge is 0.317 e. The molecule has 0 radical (unpaired) electrons. The summed E-state index contributed by atoms with van der Waals surface area (Å²) in [6, 6.07) is 6.76. The van der Waals surface area contributed by atoms with Crippen molar-refractivity contribution in [2.45, 2.75) is 44.6 Å². The number of amides is 2. The molecule has 1 aromatic carbocycles. The van der Waals surface area contributed by atoms with Crippen molar-refractivity contribution in [2.24, 2.45) is 0 Å². The van der Waals surface area contributed by atoms with Gasteiger partial charge in [0.25, 0.3) is 0 Å². The third-order valence-corrected chi connectivity index (χ3v) is 5.60. The van der Waals surface area contributed by atoms with E-state index in [0.29, 0.717) is 6.04 Å². The zero-order valence-electron chi connectivity index (χ0n) is 15.2. The molecule has 4 rings (SSSR count). The highest BCUT2D eigenvalue weighted by atomic mass is 16.2. The average molecular weight is 353 g/mol. The SMILES string of the molecule is O=C(NC1CCCCCC1)N1CCN(c2ccc3ncncc3c2)CC1. The van der Waals surface area contributed by atoms with E-state index < -0.39 is 0 Å². The van der Waals surface area contributed by atoms with Crippen molar-refractivity contribution in [1.82, 2.24) is 20.2 Å². The van der Waals surface area contributed by atoms with Crippen LogP contribution in [0.3, 0.4) is 0 Å². The number of nitrogens with one attached hydrogen (secondary N) is 1. The maximum atomic E-state index is 12.6. The van der Waals surface area contributed by atoms with Gasteiger partial charge in [-0.15, -0.1) is 0 Å². The summed E-state index contributed by atoms with van der Waals surface area (Å²) in [4.78, 5) is 25.3. The molecule has 26 heavy (non-hydrogen) atoms. The van der Waals surface area contributed by atoms with Crippen LogP contribution in [0.15, 0.2) is 30.7 Å². The lowest BCUT2D eigenvalue weighted by Gasteiger charge is -2.36. The van der Waals surface area contributed by atoms with E-state index >= 15 is 0 Å². The van der Waals surface area contributed by atoms with Gasteiger partial charge in [-0.05, 0) is 31.0 Å². The fourth-order valence-electron chi connectivity index (χ4n) is 4.03. The predicted octanol–water partition coefficient (Wildman–Crippen LogP) is 3.18. The highest BCUT2D eigenvalue weighted by Crippen LogP contribution is 2.22. The Labute approximate surface area is 154 Å². The Hall–Kier alpha value is -2.37. The molecule has 2 aromatic rings. The number of rotatable bonds is 2. The molecule has 1 aliphatic heterocycles. The molecule has 1 aliphatic carbocycles. The van der Waals surface area contributed by atoms with E-state index in [0.717, 1.165) is 49.9 Å². The molecule has 6 nitrogen and oxygen atoms in total. The van der Waals surface area contributed by atoms with Crippen LogP contribution in [-0.2, 0) is 0 Å².